The first kappa shape index (κ1) is 20.6. The molecule has 0 bridgehead atoms. The Kier molecular flexibility index (Phi) is 6.26. The van der Waals surface area contributed by atoms with Crippen molar-refractivity contribution in [1.29, 1.82) is 0 Å². The van der Waals surface area contributed by atoms with E-state index >= 15 is 0 Å². The van der Waals surface area contributed by atoms with Gasteiger partial charge in [0, 0.05) is 12.0 Å². The zero-order chi connectivity index (χ0) is 21.6. The predicted molar refractivity (Wildman–Crippen MR) is 117 cm³/mol. The number of carbonyl (C=O) groups excluding carboxylic acids is 2. The minimum atomic E-state index is -0.650. The van der Waals surface area contributed by atoms with Crippen molar-refractivity contribution in [2.45, 2.75) is 38.6 Å². The van der Waals surface area contributed by atoms with Crippen molar-refractivity contribution >= 4 is 18.1 Å². The molecule has 0 spiro atoms. The quantitative estimate of drug-likeness (QED) is 0.419. The topological polar surface area (TPSA) is 81.4 Å². The average Bonchev–Trinajstić information content (AvgIpc) is 3.31. The summed E-state index contributed by atoms with van der Waals surface area (Å²) >= 11 is 0. The van der Waals surface area contributed by atoms with Crippen molar-refractivity contribution < 1.29 is 18.7 Å². The number of ether oxygens (including phenoxy) is 1. The van der Waals surface area contributed by atoms with Crippen molar-refractivity contribution in [3.63, 3.8) is 0 Å². The van der Waals surface area contributed by atoms with Crippen LogP contribution in [0.1, 0.15) is 35.4 Å². The van der Waals surface area contributed by atoms with Crippen molar-refractivity contribution in [2.75, 3.05) is 0 Å². The summed E-state index contributed by atoms with van der Waals surface area (Å²) in [5, 5.41) is 2.52. The van der Waals surface area contributed by atoms with Gasteiger partial charge < -0.3 is 14.5 Å². The largest absolute Gasteiger partial charge is 0.441 e. The van der Waals surface area contributed by atoms with E-state index in [1.807, 2.05) is 37.3 Å². The summed E-state index contributed by atoms with van der Waals surface area (Å²) in [6.07, 6.45) is 6.42. The number of hydrogen-bond acceptors (Lipinski definition) is 5. The van der Waals surface area contributed by atoms with Gasteiger partial charge in [-0.05, 0) is 49.4 Å². The van der Waals surface area contributed by atoms with Gasteiger partial charge in [-0.1, -0.05) is 54.6 Å². The van der Waals surface area contributed by atoms with E-state index in [2.05, 4.69) is 51.5 Å². The summed E-state index contributed by atoms with van der Waals surface area (Å²) < 4.78 is 10.3. The highest BCUT2D eigenvalue weighted by atomic mass is 16.6. The van der Waals surface area contributed by atoms with Crippen LogP contribution < -0.4 is 5.32 Å². The number of alkyl carbamates (subject to hydrolysis) is 1. The van der Waals surface area contributed by atoms with Crippen LogP contribution in [-0.2, 0) is 22.4 Å². The molecule has 1 aliphatic heterocycles. The molecule has 1 aromatic heterocycles. The molecule has 2 aromatic carbocycles. The number of rotatable bonds is 8. The highest BCUT2D eigenvalue weighted by Gasteiger charge is 2.31. The molecule has 3 aromatic rings. The van der Waals surface area contributed by atoms with Crippen molar-refractivity contribution in [3.05, 3.63) is 83.3 Å². The number of aryl methyl sites for hydroxylation is 2. The number of carbonyl (C=O) groups is 2. The second-order valence-corrected chi connectivity index (χ2v) is 7.53. The minimum Gasteiger partial charge on any atom is -0.441 e. The third kappa shape index (κ3) is 5.28. The van der Waals surface area contributed by atoms with Crippen molar-refractivity contribution in [1.82, 2.24) is 10.3 Å². The number of cyclic esters (lactones) is 2. The number of amides is 1. The Labute approximate surface area is 181 Å². The average molecular weight is 416 g/mol. The maximum absolute atomic E-state index is 11.4. The molecule has 0 aliphatic carbocycles. The molecule has 2 heterocycles. The Morgan fingerprint density at radius 3 is 2.55 bits per heavy atom. The molecule has 1 saturated heterocycles. The zero-order valence-electron chi connectivity index (χ0n) is 17.3. The summed E-state index contributed by atoms with van der Waals surface area (Å²) in [5.41, 5.74) is 4.21. The van der Waals surface area contributed by atoms with Crippen LogP contribution in [0.2, 0.25) is 0 Å². The zero-order valence-corrected chi connectivity index (χ0v) is 17.3. The summed E-state index contributed by atoms with van der Waals surface area (Å²) in [7, 11) is 0. The standard InChI is InChI=1S/C25H24N2O4/c1-17-21(26-23(30-17)20-9-3-2-4-10-20)11-5-7-18-13-15-19(16-14-18)8-6-12-22-24(28)31-25(29)27-22/h2-5,7,9-10,13-16,22H,6,8,11-12H2,1H3,(H,27,29). The fourth-order valence-electron chi connectivity index (χ4n) is 3.52. The van der Waals surface area contributed by atoms with E-state index in [0.717, 1.165) is 35.4 Å². The molecule has 1 amide bonds. The number of oxazole rings is 1. The molecule has 158 valence electrons. The van der Waals surface area contributed by atoms with Gasteiger partial charge in [0.25, 0.3) is 0 Å². The van der Waals surface area contributed by atoms with E-state index in [4.69, 9.17) is 4.42 Å². The van der Waals surface area contributed by atoms with Crippen molar-refractivity contribution in [3.8, 4) is 11.5 Å². The molecule has 1 aliphatic rings. The maximum Gasteiger partial charge on any atom is 0.415 e. The van der Waals surface area contributed by atoms with Gasteiger partial charge in [-0.3, -0.25) is 0 Å². The molecule has 6 heteroatoms. The Morgan fingerprint density at radius 2 is 1.84 bits per heavy atom. The van der Waals surface area contributed by atoms with Crippen LogP contribution >= 0.6 is 0 Å². The molecule has 0 saturated carbocycles. The third-order valence-corrected chi connectivity index (χ3v) is 5.24. The summed E-state index contributed by atoms with van der Waals surface area (Å²) in [6, 6.07) is 17.7. The number of nitrogens with zero attached hydrogens (tertiary/aromatic N) is 1. The lowest BCUT2D eigenvalue weighted by molar-refractivity contribution is -0.135. The molecular weight excluding hydrogens is 392 g/mol. The van der Waals surface area contributed by atoms with Crippen LogP contribution in [-0.4, -0.2) is 23.1 Å². The second kappa shape index (κ2) is 9.43. The van der Waals surface area contributed by atoms with Gasteiger partial charge in [-0.25, -0.2) is 14.6 Å². The van der Waals surface area contributed by atoms with Crippen LogP contribution in [0.4, 0.5) is 4.79 Å². The summed E-state index contributed by atoms with van der Waals surface area (Å²) in [6.45, 7) is 1.94. The number of hydrogen-bond donors (Lipinski definition) is 1. The van der Waals surface area contributed by atoms with Gasteiger partial charge in [-0.2, -0.15) is 0 Å². The van der Waals surface area contributed by atoms with E-state index in [0.29, 0.717) is 18.7 Å². The van der Waals surface area contributed by atoms with Crippen molar-refractivity contribution in [2.24, 2.45) is 0 Å². The number of esters is 1. The highest BCUT2D eigenvalue weighted by Crippen LogP contribution is 2.22. The van der Waals surface area contributed by atoms with Gasteiger partial charge in [-0.15, -0.1) is 0 Å². The van der Waals surface area contributed by atoms with Crippen LogP contribution in [0.15, 0.2) is 65.1 Å². The second-order valence-electron chi connectivity index (χ2n) is 7.53. The number of nitrogens with one attached hydrogen (secondary N) is 1. The van der Waals surface area contributed by atoms with Crippen LogP contribution in [0.5, 0.6) is 0 Å². The molecule has 6 nitrogen and oxygen atoms in total. The lowest BCUT2D eigenvalue weighted by atomic mass is 10.0. The number of benzene rings is 2. The normalized spacial score (nSPS) is 16.0. The third-order valence-electron chi connectivity index (χ3n) is 5.24. The van der Waals surface area contributed by atoms with Gasteiger partial charge in [0.2, 0.25) is 5.89 Å². The van der Waals surface area contributed by atoms with Crippen LogP contribution in [0, 0.1) is 6.92 Å². The Balaban J connectivity index is 1.28. The van der Waals surface area contributed by atoms with Gasteiger partial charge in [0.1, 0.15) is 11.8 Å². The van der Waals surface area contributed by atoms with E-state index in [-0.39, 0.29) is 0 Å². The molecular formula is C25H24N2O4. The Bertz CT molecular complexity index is 1080. The molecule has 1 atom stereocenters. The molecule has 4 rings (SSSR count). The van der Waals surface area contributed by atoms with Crippen LogP contribution in [0.25, 0.3) is 17.5 Å². The fourth-order valence-corrected chi connectivity index (χ4v) is 3.52. The molecule has 1 unspecified atom stereocenters. The Morgan fingerprint density at radius 1 is 1.06 bits per heavy atom. The van der Waals surface area contributed by atoms with E-state index in [1.54, 1.807) is 0 Å². The van der Waals surface area contributed by atoms with Crippen LogP contribution in [0.3, 0.4) is 0 Å². The van der Waals surface area contributed by atoms with E-state index in [9.17, 15) is 9.59 Å². The monoisotopic (exact) mass is 416 g/mol. The smallest absolute Gasteiger partial charge is 0.415 e. The maximum atomic E-state index is 11.4. The van der Waals surface area contributed by atoms with Gasteiger partial charge in [0.05, 0.1) is 5.69 Å². The van der Waals surface area contributed by atoms with E-state index in [1.165, 1.54) is 5.56 Å². The number of allylic oxidation sites excluding steroid dienone is 1. The summed E-state index contributed by atoms with van der Waals surface area (Å²) in [4.78, 5) is 27.1. The first-order chi connectivity index (χ1) is 15.1. The molecule has 31 heavy (non-hydrogen) atoms. The fraction of sp³-hybridized carbons (Fsp3) is 0.240. The van der Waals surface area contributed by atoms with Gasteiger partial charge >= 0.3 is 12.1 Å². The molecule has 0 radical (unpaired) electrons. The van der Waals surface area contributed by atoms with E-state index < -0.39 is 18.1 Å². The van der Waals surface area contributed by atoms with Gasteiger partial charge in [0.15, 0.2) is 0 Å². The number of aromatic nitrogens is 1. The predicted octanol–water partition coefficient (Wildman–Crippen LogP) is 4.86. The molecule has 1 fully saturated rings. The SMILES string of the molecule is Cc1oc(-c2ccccc2)nc1CC=Cc1ccc(CCCC2NC(=O)OC2=O)cc1. The lowest BCUT2D eigenvalue weighted by Gasteiger charge is -2.05. The highest BCUT2D eigenvalue weighted by molar-refractivity contribution is 5.95. The first-order valence-electron chi connectivity index (χ1n) is 10.4. The lowest BCUT2D eigenvalue weighted by Crippen LogP contribution is -2.28. The summed E-state index contributed by atoms with van der Waals surface area (Å²) in [5.74, 6) is 1.00. The first-order valence-corrected chi connectivity index (χ1v) is 10.4. The Hall–Kier alpha value is -3.67. The minimum absolute atomic E-state index is 0.483. The molecule has 1 N–H and O–H groups in total.